The summed E-state index contributed by atoms with van der Waals surface area (Å²) in [5, 5.41) is 0.967. The molecule has 0 saturated carbocycles. The number of hydrogen-bond donors (Lipinski definition) is 1. The SMILES string of the molecule is CCOc1cccc(-c2nc3cccc(N)c3s2)c1. The number of nitrogens with zero attached hydrogens (tertiary/aromatic N) is 1. The molecule has 0 aliphatic heterocycles. The van der Waals surface area contributed by atoms with Crippen molar-refractivity contribution in [2.45, 2.75) is 6.92 Å². The number of nitrogen functional groups attached to an aromatic ring is 1. The first-order valence-electron chi connectivity index (χ1n) is 6.16. The summed E-state index contributed by atoms with van der Waals surface area (Å²) < 4.78 is 6.56. The van der Waals surface area contributed by atoms with E-state index in [4.69, 9.17) is 10.5 Å². The highest BCUT2D eigenvalue weighted by molar-refractivity contribution is 7.22. The van der Waals surface area contributed by atoms with Crippen LogP contribution in [0.2, 0.25) is 0 Å². The van der Waals surface area contributed by atoms with Gasteiger partial charge >= 0.3 is 0 Å². The number of nitrogens with two attached hydrogens (primary N) is 1. The molecule has 3 aromatic rings. The van der Waals surface area contributed by atoms with Gasteiger partial charge in [-0.3, -0.25) is 0 Å². The first-order chi connectivity index (χ1) is 9.28. The Hall–Kier alpha value is -2.07. The van der Waals surface area contributed by atoms with Gasteiger partial charge in [-0.05, 0) is 31.2 Å². The minimum absolute atomic E-state index is 0.663. The molecule has 0 unspecified atom stereocenters. The summed E-state index contributed by atoms with van der Waals surface area (Å²) in [6.45, 7) is 2.64. The van der Waals surface area contributed by atoms with Crippen molar-refractivity contribution in [2.75, 3.05) is 12.3 Å². The Morgan fingerprint density at radius 1 is 1.21 bits per heavy atom. The molecule has 0 aliphatic carbocycles. The fraction of sp³-hybridized carbons (Fsp3) is 0.133. The van der Waals surface area contributed by atoms with Gasteiger partial charge in [-0.25, -0.2) is 4.98 Å². The summed E-state index contributed by atoms with van der Waals surface area (Å²) in [4.78, 5) is 4.63. The quantitative estimate of drug-likeness (QED) is 0.733. The maximum atomic E-state index is 5.97. The maximum Gasteiger partial charge on any atom is 0.124 e. The Morgan fingerprint density at radius 2 is 2.05 bits per heavy atom. The number of rotatable bonds is 3. The average Bonchev–Trinajstić information content (AvgIpc) is 2.85. The Morgan fingerprint density at radius 3 is 2.84 bits per heavy atom. The van der Waals surface area contributed by atoms with E-state index in [0.29, 0.717) is 6.61 Å². The fourth-order valence-electron chi connectivity index (χ4n) is 1.98. The zero-order valence-corrected chi connectivity index (χ0v) is 11.4. The fourth-order valence-corrected chi connectivity index (χ4v) is 2.97. The minimum Gasteiger partial charge on any atom is -0.494 e. The van der Waals surface area contributed by atoms with Crippen LogP contribution in [0.4, 0.5) is 5.69 Å². The third-order valence-corrected chi connectivity index (χ3v) is 4.01. The largest absolute Gasteiger partial charge is 0.494 e. The van der Waals surface area contributed by atoms with Gasteiger partial charge in [0.05, 0.1) is 22.5 Å². The van der Waals surface area contributed by atoms with Gasteiger partial charge in [0.15, 0.2) is 0 Å². The molecular formula is C15H14N2OS. The molecule has 3 nitrogen and oxygen atoms in total. The van der Waals surface area contributed by atoms with Crippen molar-refractivity contribution in [3.05, 3.63) is 42.5 Å². The third-order valence-electron chi connectivity index (χ3n) is 2.84. The van der Waals surface area contributed by atoms with Crippen molar-refractivity contribution in [2.24, 2.45) is 0 Å². The lowest BCUT2D eigenvalue weighted by molar-refractivity contribution is 0.340. The third kappa shape index (κ3) is 2.27. The van der Waals surface area contributed by atoms with Crippen molar-refractivity contribution in [1.82, 2.24) is 4.98 Å². The van der Waals surface area contributed by atoms with E-state index in [1.54, 1.807) is 11.3 Å². The lowest BCUT2D eigenvalue weighted by Gasteiger charge is -2.03. The number of hydrogen-bond acceptors (Lipinski definition) is 4. The van der Waals surface area contributed by atoms with E-state index in [2.05, 4.69) is 4.98 Å². The van der Waals surface area contributed by atoms with E-state index in [9.17, 15) is 0 Å². The smallest absolute Gasteiger partial charge is 0.124 e. The van der Waals surface area contributed by atoms with Gasteiger partial charge in [-0.1, -0.05) is 18.2 Å². The maximum absolute atomic E-state index is 5.97. The molecule has 1 heterocycles. The van der Waals surface area contributed by atoms with Gasteiger partial charge in [-0.15, -0.1) is 11.3 Å². The highest BCUT2D eigenvalue weighted by Crippen LogP contribution is 2.34. The molecule has 0 saturated heterocycles. The Balaban J connectivity index is 2.08. The van der Waals surface area contributed by atoms with Crippen molar-refractivity contribution >= 4 is 27.2 Å². The molecule has 3 rings (SSSR count). The Kier molecular flexibility index (Phi) is 3.09. The molecule has 0 amide bonds. The van der Waals surface area contributed by atoms with E-state index in [1.165, 1.54) is 0 Å². The summed E-state index contributed by atoms with van der Waals surface area (Å²) in [6, 6.07) is 13.8. The zero-order valence-electron chi connectivity index (χ0n) is 10.6. The van der Waals surface area contributed by atoms with Gasteiger partial charge < -0.3 is 10.5 Å². The van der Waals surface area contributed by atoms with Gasteiger partial charge in [0.25, 0.3) is 0 Å². The molecule has 19 heavy (non-hydrogen) atoms. The predicted molar refractivity (Wildman–Crippen MR) is 80.6 cm³/mol. The average molecular weight is 270 g/mol. The summed E-state index contributed by atoms with van der Waals surface area (Å²) in [6.07, 6.45) is 0. The van der Waals surface area contributed by atoms with E-state index in [-0.39, 0.29) is 0 Å². The van der Waals surface area contributed by atoms with E-state index in [1.807, 2.05) is 49.4 Å². The van der Waals surface area contributed by atoms with Crippen LogP contribution in [0, 0.1) is 0 Å². The molecule has 0 fully saturated rings. The first kappa shape index (κ1) is 12.0. The minimum atomic E-state index is 0.663. The predicted octanol–water partition coefficient (Wildman–Crippen LogP) is 3.94. The summed E-state index contributed by atoms with van der Waals surface area (Å²) in [7, 11) is 0. The van der Waals surface area contributed by atoms with Crippen LogP contribution < -0.4 is 10.5 Å². The van der Waals surface area contributed by atoms with Crippen LogP contribution >= 0.6 is 11.3 Å². The molecule has 1 aromatic heterocycles. The van der Waals surface area contributed by atoms with Crippen molar-refractivity contribution in [3.8, 4) is 16.3 Å². The monoisotopic (exact) mass is 270 g/mol. The molecule has 0 aliphatic rings. The second-order valence-corrected chi connectivity index (χ2v) is 5.17. The van der Waals surface area contributed by atoms with E-state index >= 15 is 0 Å². The number of ether oxygens (including phenoxy) is 1. The molecule has 96 valence electrons. The second-order valence-electron chi connectivity index (χ2n) is 4.18. The van der Waals surface area contributed by atoms with E-state index < -0.39 is 0 Å². The normalized spacial score (nSPS) is 10.8. The Labute approximate surface area is 115 Å². The lowest BCUT2D eigenvalue weighted by atomic mass is 10.2. The standard InChI is InChI=1S/C15H14N2OS/c1-2-18-11-6-3-5-10(9-11)15-17-13-8-4-7-12(16)14(13)19-15/h3-9H,2,16H2,1H3. The first-order valence-corrected chi connectivity index (χ1v) is 6.98. The number of aromatic nitrogens is 1. The number of anilines is 1. The number of thiazole rings is 1. The van der Waals surface area contributed by atoms with Gasteiger partial charge in [0.2, 0.25) is 0 Å². The van der Waals surface area contributed by atoms with E-state index in [0.717, 1.165) is 32.2 Å². The van der Waals surface area contributed by atoms with Crippen molar-refractivity contribution in [1.29, 1.82) is 0 Å². The van der Waals surface area contributed by atoms with Crippen molar-refractivity contribution < 1.29 is 4.74 Å². The molecule has 0 spiro atoms. The molecule has 0 atom stereocenters. The highest BCUT2D eigenvalue weighted by atomic mass is 32.1. The van der Waals surface area contributed by atoms with Crippen LogP contribution in [-0.2, 0) is 0 Å². The molecule has 0 bridgehead atoms. The van der Waals surface area contributed by atoms with Gasteiger partial charge in [0, 0.05) is 5.56 Å². The van der Waals surface area contributed by atoms with Crippen LogP contribution in [-0.4, -0.2) is 11.6 Å². The van der Waals surface area contributed by atoms with Crippen LogP contribution in [0.5, 0.6) is 5.75 Å². The van der Waals surface area contributed by atoms with Gasteiger partial charge in [0.1, 0.15) is 10.8 Å². The zero-order chi connectivity index (χ0) is 13.2. The Bertz CT molecular complexity index is 721. The summed E-state index contributed by atoms with van der Waals surface area (Å²) in [5.74, 6) is 0.868. The molecule has 2 aromatic carbocycles. The highest BCUT2D eigenvalue weighted by Gasteiger charge is 2.08. The van der Waals surface area contributed by atoms with Crippen LogP contribution in [0.1, 0.15) is 6.92 Å². The van der Waals surface area contributed by atoms with Crippen LogP contribution in [0.15, 0.2) is 42.5 Å². The van der Waals surface area contributed by atoms with Crippen LogP contribution in [0.3, 0.4) is 0 Å². The second kappa shape index (κ2) is 4.90. The number of fused-ring (bicyclic) bond motifs is 1. The lowest BCUT2D eigenvalue weighted by Crippen LogP contribution is -1.90. The molecule has 0 radical (unpaired) electrons. The van der Waals surface area contributed by atoms with Crippen molar-refractivity contribution in [3.63, 3.8) is 0 Å². The van der Waals surface area contributed by atoms with Crippen LogP contribution in [0.25, 0.3) is 20.8 Å². The molecule has 2 N–H and O–H groups in total. The molecular weight excluding hydrogens is 256 g/mol. The van der Waals surface area contributed by atoms with Gasteiger partial charge in [-0.2, -0.15) is 0 Å². The molecule has 4 heteroatoms. The number of benzene rings is 2. The topological polar surface area (TPSA) is 48.1 Å². The summed E-state index contributed by atoms with van der Waals surface area (Å²) in [5.41, 5.74) is 8.76. The summed E-state index contributed by atoms with van der Waals surface area (Å²) >= 11 is 1.61.